The quantitative estimate of drug-likeness (QED) is 0.874. The highest BCUT2D eigenvalue weighted by Crippen LogP contribution is 2.25. The lowest BCUT2D eigenvalue weighted by Crippen LogP contribution is -2.26. The van der Waals surface area contributed by atoms with Crippen LogP contribution in [0.3, 0.4) is 0 Å². The summed E-state index contributed by atoms with van der Waals surface area (Å²) in [5.74, 6) is 0.532. The summed E-state index contributed by atoms with van der Waals surface area (Å²) < 4.78 is 5.32. The summed E-state index contributed by atoms with van der Waals surface area (Å²) >= 11 is 0. The Balaban J connectivity index is 2.41. The second-order valence-electron chi connectivity index (χ2n) is 4.54. The number of nitrogens with one attached hydrogen (secondary N) is 1. The maximum absolute atomic E-state index is 5.32. The molecule has 0 saturated carbocycles. The van der Waals surface area contributed by atoms with Crippen LogP contribution in [0.1, 0.15) is 36.5 Å². The van der Waals surface area contributed by atoms with E-state index in [2.05, 4.69) is 27.2 Å². The first kappa shape index (κ1) is 14.4. The van der Waals surface area contributed by atoms with Gasteiger partial charge in [-0.3, -0.25) is 9.97 Å². The minimum atomic E-state index is -0.113. The van der Waals surface area contributed by atoms with Crippen LogP contribution < -0.4 is 10.1 Å². The molecular weight excluding hydrogens is 252 g/mol. The molecule has 2 aromatic heterocycles. The summed E-state index contributed by atoms with van der Waals surface area (Å²) in [5.41, 5.74) is 2.67. The van der Waals surface area contributed by atoms with E-state index in [-0.39, 0.29) is 6.04 Å². The van der Waals surface area contributed by atoms with Crippen LogP contribution in [-0.2, 0) is 0 Å². The molecule has 0 radical (unpaired) electrons. The SMILES string of the molecule is CCCNC(c1cccc(C)n1)c1nccnc1OC. The van der Waals surface area contributed by atoms with Gasteiger partial charge < -0.3 is 10.1 Å². The van der Waals surface area contributed by atoms with Crippen molar-refractivity contribution < 1.29 is 4.74 Å². The molecule has 1 atom stereocenters. The molecule has 0 aliphatic carbocycles. The van der Waals surface area contributed by atoms with E-state index in [0.717, 1.165) is 30.0 Å². The number of pyridine rings is 1. The predicted molar refractivity (Wildman–Crippen MR) is 77.7 cm³/mol. The van der Waals surface area contributed by atoms with E-state index in [1.807, 2.05) is 25.1 Å². The number of hydrogen-bond acceptors (Lipinski definition) is 5. The highest BCUT2D eigenvalue weighted by atomic mass is 16.5. The Morgan fingerprint density at radius 3 is 2.75 bits per heavy atom. The number of aromatic nitrogens is 3. The molecule has 1 unspecified atom stereocenters. The summed E-state index contributed by atoms with van der Waals surface area (Å²) in [6, 6.07) is 5.86. The van der Waals surface area contributed by atoms with Gasteiger partial charge in [0.2, 0.25) is 5.88 Å². The van der Waals surface area contributed by atoms with Crippen molar-refractivity contribution in [1.29, 1.82) is 0 Å². The van der Waals surface area contributed by atoms with Gasteiger partial charge in [0.25, 0.3) is 0 Å². The molecule has 2 rings (SSSR count). The fraction of sp³-hybridized carbons (Fsp3) is 0.400. The van der Waals surface area contributed by atoms with Crippen molar-refractivity contribution in [2.24, 2.45) is 0 Å². The van der Waals surface area contributed by atoms with Crippen LogP contribution in [-0.4, -0.2) is 28.6 Å². The molecule has 0 aliphatic rings. The lowest BCUT2D eigenvalue weighted by atomic mass is 10.1. The Kier molecular flexibility index (Phi) is 5.01. The van der Waals surface area contributed by atoms with Crippen molar-refractivity contribution >= 4 is 0 Å². The summed E-state index contributed by atoms with van der Waals surface area (Å²) in [5, 5.41) is 3.46. The monoisotopic (exact) mass is 272 g/mol. The van der Waals surface area contributed by atoms with Gasteiger partial charge in [0.05, 0.1) is 18.8 Å². The van der Waals surface area contributed by atoms with Crippen molar-refractivity contribution in [3.8, 4) is 5.88 Å². The average molecular weight is 272 g/mol. The molecule has 0 bridgehead atoms. The lowest BCUT2D eigenvalue weighted by molar-refractivity contribution is 0.381. The van der Waals surface area contributed by atoms with Gasteiger partial charge >= 0.3 is 0 Å². The largest absolute Gasteiger partial charge is 0.480 e. The predicted octanol–water partition coefficient (Wildman–Crippen LogP) is 2.28. The number of aryl methyl sites for hydroxylation is 1. The van der Waals surface area contributed by atoms with E-state index in [1.165, 1.54) is 0 Å². The second-order valence-corrected chi connectivity index (χ2v) is 4.54. The molecule has 0 fully saturated rings. The Morgan fingerprint density at radius 2 is 2.05 bits per heavy atom. The van der Waals surface area contributed by atoms with Gasteiger partial charge in [-0.1, -0.05) is 13.0 Å². The molecule has 2 heterocycles. The van der Waals surface area contributed by atoms with E-state index in [1.54, 1.807) is 19.5 Å². The Labute approximate surface area is 119 Å². The van der Waals surface area contributed by atoms with Crippen molar-refractivity contribution in [1.82, 2.24) is 20.3 Å². The summed E-state index contributed by atoms with van der Waals surface area (Å²) in [4.78, 5) is 13.2. The molecule has 0 saturated heterocycles. The van der Waals surface area contributed by atoms with E-state index in [9.17, 15) is 0 Å². The Hall–Kier alpha value is -2.01. The molecule has 0 aliphatic heterocycles. The van der Waals surface area contributed by atoms with Crippen molar-refractivity contribution in [2.45, 2.75) is 26.3 Å². The zero-order chi connectivity index (χ0) is 14.4. The minimum absolute atomic E-state index is 0.113. The van der Waals surface area contributed by atoms with E-state index in [0.29, 0.717) is 5.88 Å². The van der Waals surface area contributed by atoms with Gasteiger partial charge in [-0.25, -0.2) is 4.98 Å². The van der Waals surface area contributed by atoms with Crippen LogP contribution in [0.25, 0.3) is 0 Å². The lowest BCUT2D eigenvalue weighted by Gasteiger charge is -2.19. The van der Waals surface area contributed by atoms with Crippen molar-refractivity contribution in [3.63, 3.8) is 0 Å². The van der Waals surface area contributed by atoms with Gasteiger partial charge in [-0.15, -0.1) is 0 Å². The summed E-state index contributed by atoms with van der Waals surface area (Å²) in [6.45, 7) is 4.98. The van der Waals surface area contributed by atoms with Gasteiger partial charge in [0, 0.05) is 18.1 Å². The molecule has 106 valence electrons. The van der Waals surface area contributed by atoms with Crippen molar-refractivity contribution in [3.05, 3.63) is 47.7 Å². The highest BCUT2D eigenvalue weighted by Gasteiger charge is 2.21. The van der Waals surface area contributed by atoms with Crippen LogP contribution in [0.2, 0.25) is 0 Å². The number of methoxy groups -OCH3 is 1. The van der Waals surface area contributed by atoms with Crippen LogP contribution >= 0.6 is 0 Å². The normalized spacial score (nSPS) is 12.2. The number of ether oxygens (including phenoxy) is 1. The maximum Gasteiger partial charge on any atom is 0.237 e. The maximum atomic E-state index is 5.32. The number of rotatable bonds is 6. The molecule has 0 aromatic carbocycles. The van der Waals surface area contributed by atoms with Crippen molar-refractivity contribution in [2.75, 3.05) is 13.7 Å². The van der Waals surface area contributed by atoms with Gasteiger partial charge in [0.1, 0.15) is 5.69 Å². The third-order valence-electron chi connectivity index (χ3n) is 2.96. The topological polar surface area (TPSA) is 59.9 Å². The Bertz CT molecular complexity index is 559. The first-order valence-electron chi connectivity index (χ1n) is 6.78. The molecule has 20 heavy (non-hydrogen) atoms. The van der Waals surface area contributed by atoms with Gasteiger partial charge in [-0.05, 0) is 32.0 Å². The fourth-order valence-corrected chi connectivity index (χ4v) is 2.05. The van der Waals surface area contributed by atoms with E-state index >= 15 is 0 Å². The second kappa shape index (κ2) is 6.96. The van der Waals surface area contributed by atoms with Gasteiger partial charge in [0.15, 0.2) is 0 Å². The Morgan fingerprint density at radius 1 is 1.25 bits per heavy atom. The third-order valence-corrected chi connectivity index (χ3v) is 2.96. The fourth-order valence-electron chi connectivity index (χ4n) is 2.05. The molecule has 5 heteroatoms. The van der Waals surface area contributed by atoms with E-state index in [4.69, 9.17) is 4.74 Å². The summed E-state index contributed by atoms with van der Waals surface area (Å²) in [7, 11) is 1.61. The molecule has 0 spiro atoms. The molecule has 0 amide bonds. The average Bonchev–Trinajstić information content (AvgIpc) is 2.48. The van der Waals surface area contributed by atoms with Crippen LogP contribution in [0.5, 0.6) is 5.88 Å². The van der Waals surface area contributed by atoms with Crippen LogP contribution in [0.4, 0.5) is 0 Å². The molecule has 5 nitrogen and oxygen atoms in total. The molecule has 1 N–H and O–H groups in total. The number of nitrogens with zero attached hydrogens (tertiary/aromatic N) is 3. The van der Waals surface area contributed by atoms with Gasteiger partial charge in [-0.2, -0.15) is 0 Å². The first-order chi connectivity index (χ1) is 9.76. The third kappa shape index (κ3) is 3.30. The van der Waals surface area contributed by atoms with E-state index < -0.39 is 0 Å². The standard InChI is InChI=1S/C15H20N4O/c1-4-8-16-13(12-7-5-6-11(2)19-12)14-15(20-3)18-10-9-17-14/h5-7,9-10,13,16H,4,8H2,1-3H3. The smallest absolute Gasteiger partial charge is 0.237 e. The highest BCUT2D eigenvalue weighted by molar-refractivity contribution is 5.29. The molecule has 2 aromatic rings. The first-order valence-corrected chi connectivity index (χ1v) is 6.78. The summed E-state index contributed by atoms with van der Waals surface area (Å²) in [6.07, 6.45) is 4.34. The zero-order valence-electron chi connectivity index (χ0n) is 12.1. The minimum Gasteiger partial charge on any atom is -0.480 e. The van der Waals surface area contributed by atoms with Crippen LogP contribution in [0, 0.1) is 6.92 Å². The van der Waals surface area contributed by atoms with Crippen LogP contribution in [0.15, 0.2) is 30.6 Å². The number of hydrogen-bond donors (Lipinski definition) is 1. The zero-order valence-corrected chi connectivity index (χ0v) is 12.1. The molecular formula is C15H20N4O.